The highest BCUT2D eigenvalue weighted by molar-refractivity contribution is 6.37. The Morgan fingerprint density at radius 2 is 1.81 bits per heavy atom. The van der Waals surface area contributed by atoms with E-state index in [2.05, 4.69) is 39.1 Å². The first-order chi connectivity index (χ1) is 13.2. The summed E-state index contributed by atoms with van der Waals surface area (Å²) in [4.78, 5) is 9.12. The lowest BCUT2D eigenvalue weighted by Gasteiger charge is -2.26. The fourth-order valence-corrected chi connectivity index (χ4v) is 4.42. The molecular weight excluding hydrogens is 358 g/mol. The lowest BCUT2D eigenvalue weighted by molar-refractivity contribution is 0.221. The van der Waals surface area contributed by atoms with Gasteiger partial charge in [0.1, 0.15) is 5.75 Å². The number of aromatic amines is 2. The first kappa shape index (κ1) is 16.7. The highest BCUT2D eigenvalue weighted by Crippen LogP contribution is 2.39. The van der Waals surface area contributed by atoms with Crippen molar-refractivity contribution in [1.82, 2.24) is 14.9 Å². The van der Waals surface area contributed by atoms with E-state index < -0.39 is 0 Å². The maximum absolute atomic E-state index is 10.2. The van der Waals surface area contributed by atoms with E-state index in [9.17, 15) is 5.11 Å². The molecule has 5 heteroatoms. The number of fused-ring (bicyclic) bond motifs is 2. The van der Waals surface area contributed by atoms with E-state index >= 15 is 0 Å². The Morgan fingerprint density at radius 3 is 2.67 bits per heavy atom. The Bertz CT molecular complexity index is 1120. The molecule has 1 aliphatic rings. The van der Waals surface area contributed by atoms with Gasteiger partial charge in [0, 0.05) is 51.9 Å². The molecule has 0 unspecified atom stereocenters. The number of aromatic nitrogens is 2. The Labute approximate surface area is 162 Å². The average molecular weight is 380 g/mol. The number of phenols is 1. The van der Waals surface area contributed by atoms with Crippen LogP contribution in [0.5, 0.6) is 5.75 Å². The van der Waals surface area contributed by atoms with Gasteiger partial charge in [-0.3, -0.25) is 4.90 Å². The molecule has 138 valence electrons. The maximum Gasteiger partial charge on any atom is 0.135 e. The monoisotopic (exact) mass is 379 g/mol. The summed E-state index contributed by atoms with van der Waals surface area (Å²) >= 11 is 6.23. The Morgan fingerprint density at radius 1 is 1.00 bits per heavy atom. The first-order valence-corrected chi connectivity index (χ1v) is 9.89. The van der Waals surface area contributed by atoms with Crippen molar-refractivity contribution in [2.75, 3.05) is 13.1 Å². The molecule has 2 aromatic heterocycles. The largest absolute Gasteiger partial charge is 0.506 e. The predicted octanol–water partition coefficient (Wildman–Crippen LogP) is 5.66. The number of phenolic OH excluding ortho intramolecular Hbond substituents is 1. The smallest absolute Gasteiger partial charge is 0.135 e. The second-order valence-electron chi connectivity index (χ2n) is 7.48. The zero-order chi connectivity index (χ0) is 18.4. The number of hydrogen-bond donors (Lipinski definition) is 3. The molecule has 0 amide bonds. The molecule has 2 aromatic carbocycles. The van der Waals surface area contributed by atoms with Crippen molar-refractivity contribution in [1.29, 1.82) is 0 Å². The molecule has 5 rings (SSSR count). The van der Waals surface area contributed by atoms with Crippen LogP contribution in [0.25, 0.3) is 32.9 Å². The number of benzene rings is 2. The van der Waals surface area contributed by atoms with Crippen molar-refractivity contribution in [2.45, 2.75) is 25.8 Å². The number of halogens is 1. The summed E-state index contributed by atoms with van der Waals surface area (Å²) in [6.45, 7) is 3.41. The van der Waals surface area contributed by atoms with Crippen LogP contribution in [0.2, 0.25) is 5.02 Å². The molecule has 3 N–H and O–H groups in total. The van der Waals surface area contributed by atoms with Crippen molar-refractivity contribution in [3.8, 4) is 17.0 Å². The Hall–Kier alpha value is -2.43. The molecule has 27 heavy (non-hydrogen) atoms. The third-order valence-electron chi connectivity index (χ3n) is 5.61. The van der Waals surface area contributed by atoms with Crippen molar-refractivity contribution in [2.24, 2.45) is 0 Å². The summed E-state index contributed by atoms with van der Waals surface area (Å²) in [5.41, 5.74) is 4.38. The first-order valence-electron chi connectivity index (χ1n) is 9.51. The molecule has 0 saturated carbocycles. The molecule has 1 aliphatic heterocycles. The minimum absolute atomic E-state index is 0.100. The highest BCUT2D eigenvalue weighted by atomic mass is 35.5. The van der Waals surface area contributed by atoms with E-state index in [1.54, 1.807) is 6.07 Å². The van der Waals surface area contributed by atoms with Gasteiger partial charge in [-0.2, -0.15) is 0 Å². The molecule has 1 saturated heterocycles. The molecule has 0 radical (unpaired) electrons. The second-order valence-corrected chi connectivity index (χ2v) is 7.86. The van der Waals surface area contributed by atoms with Crippen molar-refractivity contribution < 1.29 is 5.11 Å². The van der Waals surface area contributed by atoms with Crippen LogP contribution in [0, 0.1) is 0 Å². The lowest BCUT2D eigenvalue weighted by atomic mass is 10.0. The summed E-state index contributed by atoms with van der Waals surface area (Å²) < 4.78 is 0. The minimum Gasteiger partial charge on any atom is -0.506 e. The molecule has 0 aliphatic carbocycles. The van der Waals surface area contributed by atoms with Gasteiger partial charge in [0.15, 0.2) is 0 Å². The minimum atomic E-state index is 0.100. The van der Waals surface area contributed by atoms with Gasteiger partial charge in [-0.15, -0.1) is 0 Å². The summed E-state index contributed by atoms with van der Waals surface area (Å²) in [6.07, 6.45) is 7.72. The molecule has 4 aromatic rings. The zero-order valence-electron chi connectivity index (χ0n) is 15.1. The van der Waals surface area contributed by atoms with Crippen molar-refractivity contribution >= 4 is 33.3 Å². The van der Waals surface area contributed by atoms with Gasteiger partial charge in [0.2, 0.25) is 0 Å². The standard InChI is InChI=1S/C22H22ClN3O/c23-22-18-12-24-11-17(18)16(10-21(22)27)20-9-15-8-14(4-5-19(15)25-20)13-26-6-2-1-3-7-26/h4-5,8-12,24-25,27H,1-3,6-7,13H2. The lowest BCUT2D eigenvalue weighted by Crippen LogP contribution is -2.28. The van der Waals surface area contributed by atoms with Crippen LogP contribution in [0.4, 0.5) is 0 Å². The molecule has 0 spiro atoms. The topological polar surface area (TPSA) is 55.0 Å². The average Bonchev–Trinajstić information content (AvgIpc) is 3.32. The van der Waals surface area contributed by atoms with Gasteiger partial charge >= 0.3 is 0 Å². The molecule has 1 fully saturated rings. The van der Waals surface area contributed by atoms with Crippen LogP contribution in [0.1, 0.15) is 24.8 Å². The quantitative estimate of drug-likeness (QED) is 0.430. The summed E-state index contributed by atoms with van der Waals surface area (Å²) in [7, 11) is 0. The van der Waals surface area contributed by atoms with E-state index in [4.69, 9.17) is 11.6 Å². The van der Waals surface area contributed by atoms with Crippen LogP contribution >= 0.6 is 11.6 Å². The number of nitrogens with one attached hydrogen (secondary N) is 2. The maximum atomic E-state index is 10.2. The molecule has 4 nitrogen and oxygen atoms in total. The normalized spacial score (nSPS) is 15.7. The van der Waals surface area contributed by atoms with Gasteiger partial charge in [-0.1, -0.05) is 24.1 Å². The van der Waals surface area contributed by atoms with Gasteiger partial charge < -0.3 is 15.1 Å². The van der Waals surface area contributed by atoms with E-state index in [1.165, 1.54) is 43.3 Å². The summed E-state index contributed by atoms with van der Waals surface area (Å²) in [5, 5.41) is 13.6. The number of likely N-dealkylation sites (tertiary alicyclic amines) is 1. The number of aromatic hydroxyl groups is 1. The van der Waals surface area contributed by atoms with Crippen molar-refractivity contribution in [3.63, 3.8) is 0 Å². The van der Waals surface area contributed by atoms with Gasteiger partial charge in [-0.25, -0.2) is 0 Å². The number of piperidine rings is 1. The molecule has 3 heterocycles. The number of rotatable bonds is 3. The number of nitrogens with zero attached hydrogens (tertiary/aromatic N) is 1. The Kier molecular flexibility index (Phi) is 4.10. The van der Waals surface area contributed by atoms with Gasteiger partial charge in [0.25, 0.3) is 0 Å². The van der Waals surface area contributed by atoms with Crippen LogP contribution in [-0.2, 0) is 6.54 Å². The van der Waals surface area contributed by atoms with Crippen LogP contribution in [-0.4, -0.2) is 33.1 Å². The molecule has 0 bridgehead atoms. The number of H-pyrrole nitrogens is 2. The van der Waals surface area contributed by atoms with E-state index in [0.717, 1.165) is 34.1 Å². The molecule has 0 atom stereocenters. The van der Waals surface area contributed by atoms with Crippen LogP contribution in [0.3, 0.4) is 0 Å². The van der Waals surface area contributed by atoms with Crippen molar-refractivity contribution in [3.05, 3.63) is 53.3 Å². The third kappa shape index (κ3) is 2.99. The fraction of sp³-hybridized carbons (Fsp3) is 0.273. The van der Waals surface area contributed by atoms with Gasteiger partial charge in [0.05, 0.1) is 5.02 Å². The van der Waals surface area contributed by atoms with E-state index in [0.29, 0.717) is 5.02 Å². The van der Waals surface area contributed by atoms with E-state index in [-0.39, 0.29) is 5.75 Å². The van der Waals surface area contributed by atoms with Gasteiger partial charge in [-0.05, 0) is 55.8 Å². The second kappa shape index (κ2) is 6.63. The number of hydrogen-bond acceptors (Lipinski definition) is 2. The van der Waals surface area contributed by atoms with E-state index in [1.807, 2.05) is 12.4 Å². The highest BCUT2D eigenvalue weighted by Gasteiger charge is 2.15. The van der Waals surface area contributed by atoms with Crippen LogP contribution in [0.15, 0.2) is 42.7 Å². The summed E-state index contributed by atoms with van der Waals surface area (Å²) in [5.74, 6) is 0.100. The Balaban J connectivity index is 1.53. The third-order valence-corrected chi connectivity index (χ3v) is 6.01. The van der Waals surface area contributed by atoms with Crippen LogP contribution < -0.4 is 0 Å². The zero-order valence-corrected chi connectivity index (χ0v) is 15.8. The summed E-state index contributed by atoms with van der Waals surface area (Å²) in [6, 6.07) is 10.5. The predicted molar refractivity (Wildman–Crippen MR) is 111 cm³/mol. The SMILES string of the molecule is Oc1cc(-c2cc3cc(CN4CCCCC4)ccc3[nH]2)c2c[nH]cc2c1Cl. The fourth-order valence-electron chi connectivity index (χ4n) is 4.21. The molecular formula is C22H22ClN3O.